The van der Waals surface area contributed by atoms with Crippen LogP contribution in [-0.4, -0.2) is 33.8 Å². The molecule has 112 valence electrons. The number of rotatable bonds is 4. The van der Waals surface area contributed by atoms with Crippen molar-refractivity contribution in [1.82, 2.24) is 0 Å². The number of nitrogens with zero attached hydrogens (tertiary/aromatic N) is 1. The van der Waals surface area contributed by atoms with Crippen LogP contribution in [0.1, 0.15) is 12.8 Å². The SMILES string of the molecule is NCC1CCN(c2ccccc2S(=O)(=O)C(F)F)CC1. The lowest BCUT2D eigenvalue weighted by Crippen LogP contribution is -2.37. The van der Waals surface area contributed by atoms with Crippen LogP contribution in [0.25, 0.3) is 0 Å². The van der Waals surface area contributed by atoms with Crippen molar-refractivity contribution in [3.63, 3.8) is 0 Å². The van der Waals surface area contributed by atoms with Crippen LogP contribution < -0.4 is 10.6 Å². The number of piperidine rings is 1. The number of hydrogen-bond acceptors (Lipinski definition) is 4. The number of benzene rings is 1. The zero-order valence-corrected chi connectivity index (χ0v) is 11.8. The van der Waals surface area contributed by atoms with E-state index in [9.17, 15) is 17.2 Å². The van der Waals surface area contributed by atoms with E-state index in [1.807, 2.05) is 4.90 Å². The third-order valence-corrected chi connectivity index (χ3v) is 5.12. The van der Waals surface area contributed by atoms with Gasteiger partial charge in [0.25, 0.3) is 0 Å². The van der Waals surface area contributed by atoms with Gasteiger partial charge in [0, 0.05) is 13.1 Å². The first-order valence-electron chi connectivity index (χ1n) is 6.53. The molecule has 1 aliphatic heterocycles. The fourth-order valence-corrected chi connectivity index (χ4v) is 3.41. The molecule has 2 rings (SSSR count). The summed E-state index contributed by atoms with van der Waals surface area (Å²) >= 11 is 0. The molecule has 7 heteroatoms. The van der Waals surface area contributed by atoms with E-state index >= 15 is 0 Å². The molecule has 1 aliphatic rings. The fourth-order valence-electron chi connectivity index (χ4n) is 2.46. The Labute approximate surface area is 117 Å². The van der Waals surface area contributed by atoms with Gasteiger partial charge in [0.05, 0.1) is 10.6 Å². The summed E-state index contributed by atoms with van der Waals surface area (Å²) in [6, 6.07) is 5.95. The first kappa shape index (κ1) is 15.2. The summed E-state index contributed by atoms with van der Waals surface area (Å²) in [5.74, 6) is -2.98. The minimum atomic E-state index is -4.58. The number of sulfone groups is 1. The number of halogens is 2. The lowest BCUT2D eigenvalue weighted by atomic mass is 9.97. The van der Waals surface area contributed by atoms with Crippen molar-refractivity contribution in [2.45, 2.75) is 23.5 Å². The number of para-hydroxylation sites is 1. The van der Waals surface area contributed by atoms with Crippen LogP contribution >= 0.6 is 0 Å². The van der Waals surface area contributed by atoms with Gasteiger partial charge in [-0.05, 0) is 37.4 Å². The highest BCUT2D eigenvalue weighted by Crippen LogP contribution is 2.31. The van der Waals surface area contributed by atoms with Gasteiger partial charge in [0.2, 0.25) is 9.84 Å². The predicted molar refractivity (Wildman–Crippen MR) is 73.6 cm³/mol. The molecular formula is C13H18F2N2O2S. The van der Waals surface area contributed by atoms with Gasteiger partial charge in [-0.15, -0.1) is 0 Å². The molecular weight excluding hydrogens is 286 g/mol. The maximum Gasteiger partial charge on any atom is 0.341 e. The normalized spacial score (nSPS) is 17.7. The number of alkyl halides is 2. The molecule has 1 saturated heterocycles. The van der Waals surface area contributed by atoms with E-state index in [1.165, 1.54) is 12.1 Å². The topological polar surface area (TPSA) is 63.4 Å². The van der Waals surface area contributed by atoms with Gasteiger partial charge in [-0.2, -0.15) is 8.78 Å². The Morgan fingerprint density at radius 2 is 1.85 bits per heavy atom. The Balaban J connectivity index is 2.30. The van der Waals surface area contributed by atoms with E-state index in [0.717, 1.165) is 12.8 Å². The van der Waals surface area contributed by atoms with Gasteiger partial charge in [-0.1, -0.05) is 12.1 Å². The summed E-state index contributed by atoms with van der Waals surface area (Å²) in [7, 11) is -4.58. The Morgan fingerprint density at radius 1 is 1.25 bits per heavy atom. The summed E-state index contributed by atoms with van der Waals surface area (Å²) in [5.41, 5.74) is 5.98. The Kier molecular flexibility index (Phi) is 4.59. The highest BCUT2D eigenvalue weighted by molar-refractivity contribution is 7.91. The van der Waals surface area contributed by atoms with E-state index in [-0.39, 0.29) is 4.90 Å². The summed E-state index contributed by atoms with van der Waals surface area (Å²) in [6.07, 6.45) is 1.69. The summed E-state index contributed by atoms with van der Waals surface area (Å²) in [6.45, 7) is 1.88. The molecule has 1 heterocycles. The Morgan fingerprint density at radius 3 is 2.40 bits per heavy atom. The zero-order valence-electron chi connectivity index (χ0n) is 11.0. The molecule has 0 amide bonds. The fraction of sp³-hybridized carbons (Fsp3) is 0.538. The van der Waals surface area contributed by atoms with E-state index in [2.05, 4.69) is 0 Å². The molecule has 0 saturated carbocycles. The average molecular weight is 304 g/mol. The second-order valence-electron chi connectivity index (χ2n) is 4.94. The van der Waals surface area contributed by atoms with Crippen LogP contribution in [0.3, 0.4) is 0 Å². The summed E-state index contributed by atoms with van der Waals surface area (Å²) in [5, 5.41) is 0. The van der Waals surface area contributed by atoms with E-state index in [1.54, 1.807) is 12.1 Å². The summed E-state index contributed by atoms with van der Waals surface area (Å²) < 4.78 is 48.9. The second-order valence-corrected chi connectivity index (χ2v) is 6.83. The minimum Gasteiger partial charge on any atom is -0.370 e. The van der Waals surface area contributed by atoms with Gasteiger partial charge < -0.3 is 10.6 Å². The van der Waals surface area contributed by atoms with Crippen molar-refractivity contribution in [1.29, 1.82) is 0 Å². The maximum atomic E-state index is 12.7. The van der Waals surface area contributed by atoms with Crippen LogP contribution in [0.15, 0.2) is 29.2 Å². The molecule has 2 N–H and O–H groups in total. The Hall–Kier alpha value is -1.21. The monoisotopic (exact) mass is 304 g/mol. The molecule has 1 aromatic rings. The average Bonchev–Trinajstić information content (AvgIpc) is 2.47. The van der Waals surface area contributed by atoms with Crippen LogP contribution in [0.4, 0.5) is 14.5 Å². The predicted octanol–water partition coefficient (Wildman–Crippen LogP) is 1.86. The van der Waals surface area contributed by atoms with Crippen LogP contribution in [0, 0.1) is 5.92 Å². The number of anilines is 1. The molecule has 0 radical (unpaired) electrons. The van der Waals surface area contributed by atoms with Crippen LogP contribution in [0.2, 0.25) is 0 Å². The molecule has 0 spiro atoms. The highest BCUT2D eigenvalue weighted by Gasteiger charge is 2.31. The maximum absolute atomic E-state index is 12.7. The minimum absolute atomic E-state index is 0.291. The number of nitrogens with two attached hydrogens (primary N) is 1. The molecule has 4 nitrogen and oxygen atoms in total. The van der Waals surface area contributed by atoms with Crippen LogP contribution in [0.5, 0.6) is 0 Å². The van der Waals surface area contributed by atoms with Crippen molar-refractivity contribution in [2.75, 3.05) is 24.5 Å². The molecule has 1 aromatic carbocycles. The summed E-state index contributed by atoms with van der Waals surface area (Å²) in [4.78, 5) is 1.56. The van der Waals surface area contributed by atoms with Crippen molar-refractivity contribution in [3.8, 4) is 0 Å². The van der Waals surface area contributed by atoms with Crippen molar-refractivity contribution in [2.24, 2.45) is 11.7 Å². The first-order chi connectivity index (χ1) is 9.46. The van der Waals surface area contributed by atoms with Gasteiger partial charge in [-0.3, -0.25) is 0 Å². The standard InChI is InChI=1S/C13H18F2N2O2S/c14-13(15)20(18,19)12-4-2-1-3-11(12)17-7-5-10(9-16)6-8-17/h1-4,10,13H,5-9,16H2. The third kappa shape index (κ3) is 2.93. The quantitative estimate of drug-likeness (QED) is 0.922. The van der Waals surface area contributed by atoms with Gasteiger partial charge in [0.15, 0.2) is 0 Å². The molecule has 20 heavy (non-hydrogen) atoms. The van der Waals surface area contributed by atoms with E-state index in [0.29, 0.717) is 31.2 Å². The smallest absolute Gasteiger partial charge is 0.341 e. The van der Waals surface area contributed by atoms with Crippen molar-refractivity contribution < 1.29 is 17.2 Å². The van der Waals surface area contributed by atoms with Gasteiger partial charge >= 0.3 is 5.76 Å². The lowest BCUT2D eigenvalue weighted by molar-refractivity contribution is 0.234. The lowest BCUT2D eigenvalue weighted by Gasteiger charge is -2.34. The second kappa shape index (κ2) is 6.05. The largest absolute Gasteiger partial charge is 0.370 e. The van der Waals surface area contributed by atoms with Crippen molar-refractivity contribution in [3.05, 3.63) is 24.3 Å². The highest BCUT2D eigenvalue weighted by atomic mass is 32.2. The number of hydrogen-bond donors (Lipinski definition) is 1. The van der Waals surface area contributed by atoms with Gasteiger partial charge in [0.1, 0.15) is 0 Å². The first-order valence-corrected chi connectivity index (χ1v) is 8.07. The zero-order chi connectivity index (χ0) is 14.8. The molecule has 0 aromatic heterocycles. The molecule has 0 bridgehead atoms. The van der Waals surface area contributed by atoms with E-state index in [4.69, 9.17) is 5.73 Å². The van der Waals surface area contributed by atoms with Crippen LogP contribution in [-0.2, 0) is 9.84 Å². The molecule has 1 fully saturated rings. The van der Waals surface area contributed by atoms with Crippen molar-refractivity contribution >= 4 is 15.5 Å². The molecule has 0 aliphatic carbocycles. The van der Waals surface area contributed by atoms with E-state index < -0.39 is 15.6 Å². The molecule has 0 unspecified atom stereocenters. The third-order valence-electron chi connectivity index (χ3n) is 3.69. The molecule has 0 atom stereocenters. The van der Waals surface area contributed by atoms with Gasteiger partial charge in [-0.25, -0.2) is 8.42 Å². The Bertz CT molecular complexity index is 555.